The van der Waals surface area contributed by atoms with E-state index in [0.717, 1.165) is 38.5 Å². The van der Waals surface area contributed by atoms with Gasteiger partial charge in [-0.3, -0.25) is 19.2 Å². The maximum absolute atomic E-state index is 12.1. The molecule has 0 aliphatic rings. The van der Waals surface area contributed by atoms with Crippen LogP contribution in [0.5, 0.6) is 0 Å². The predicted octanol–water partition coefficient (Wildman–Crippen LogP) is 4.71. The largest absolute Gasteiger partial charge is 0.466 e. The molecule has 0 fully saturated rings. The standard InChI is InChI=1S/C22H31NO5/c1-4-28-22(27)12-10-8-6-5-7-9-11-21(26)23-20-14-18(16(2)24)13-19(15-20)17(3)25/h13-15H,4-12H2,1-3H3,(H,23,26). The highest BCUT2D eigenvalue weighted by Crippen LogP contribution is 2.17. The number of benzene rings is 1. The van der Waals surface area contributed by atoms with E-state index in [0.29, 0.717) is 36.3 Å². The normalized spacial score (nSPS) is 10.4. The highest BCUT2D eigenvalue weighted by molar-refractivity contribution is 6.02. The third-order valence-corrected chi connectivity index (χ3v) is 4.37. The number of Topliss-reactive ketones (excluding diaryl/α,β-unsaturated/α-hetero) is 2. The monoisotopic (exact) mass is 389 g/mol. The van der Waals surface area contributed by atoms with Gasteiger partial charge in [-0.05, 0) is 51.8 Å². The molecule has 0 atom stereocenters. The molecule has 0 aliphatic carbocycles. The lowest BCUT2D eigenvalue weighted by molar-refractivity contribution is -0.143. The van der Waals surface area contributed by atoms with E-state index in [1.807, 2.05) is 0 Å². The Morgan fingerprint density at radius 1 is 0.786 bits per heavy atom. The van der Waals surface area contributed by atoms with Crippen molar-refractivity contribution in [2.75, 3.05) is 11.9 Å². The molecule has 6 nitrogen and oxygen atoms in total. The lowest BCUT2D eigenvalue weighted by atomic mass is 10.0. The number of carbonyl (C=O) groups excluding carboxylic acids is 4. The molecule has 0 spiro atoms. The quantitative estimate of drug-likeness (QED) is 0.300. The van der Waals surface area contributed by atoms with E-state index in [9.17, 15) is 19.2 Å². The van der Waals surface area contributed by atoms with Gasteiger partial charge in [-0.25, -0.2) is 0 Å². The maximum atomic E-state index is 12.1. The molecule has 0 aliphatic heterocycles. The van der Waals surface area contributed by atoms with Crippen molar-refractivity contribution < 1.29 is 23.9 Å². The second-order valence-corrected chi connectivity index (χ2v) is 6.89. The summed E-state index contributed by atoms with van der Waals surface area (Å²) in [4.78, 5) is 46.5. The average Bonchev–Trinajstić information content (AvgIpc) is 2.63. The summed E-state index contributed by atoms with van der Waals surface area (Å²) in [6.45, 7) is 5.08. The molecule has 0 radical (unpaired) electrons. The summed E-state index contributed by atoms with van der Waals surface area (Å²) in [5, 5.41) is 2.77. The summed E-state index contributed by atoms with van der Waals surface area (Å²) in [6.07, 6.45) is 6.45. The minimum absolute atomic E-state index is 0.127. The second-order valence-electron chi connectivity index (χ2n) is 6.89. The van der Waals surface area contributed by atoms with E-state index in [-0.39, 0.29) is 23.4 Å². The van der Waals surface area contributed by atoms with E-state index in [4.69, 9.17) is 4.74 Å². The molecule has 1 rings (SSSR count). The van der Waals surface area contributed by atoms with Crippen LogP contribution in [-0.4, -0.2) is 30.0 Å². The van der Waals surface area contributed by atoms with Crippen molar-refractivity contribution in [3.63, 3.8) is 0 Å². The van der Waals surface area contributed by atoms with Gasteiger partial charge in [0.2, 0.25) is 5.91 Å². The van der Waals surface area contributed by atoms with E-state index >= 15 is 0 Å². The number of hydrogen-bond acceptors (Lipinski definition) is 5. The van der Waals surface area contributed by atoms with Crippen molar-refractivity contribution in [1.29, 1.82) is 0 Å². The SMILES string of the molecule is CCOC(=O)CCCCCCCCC(=O)Nc1cc(C(C)=O)cc(C(C)=O)c1. The zero-order valence-corrected chi connectivity index (χ0v) is 17.1. The number of carbonyl (C=O) groups is 4. The van der Waals surface area contributed by atoms with Gasteiger partial charge < -0.3 is 10.1 Å². The number of anilines is 1. The smallest absolute Gasteiger partial charge is 0.305 e. The number of ether oxygens (including phenoxy) is 1. The summed E-state index contributed by atoms with van der Waals surface area (Å²) >= 11 is 0. The van der Waals surface area contributed by atoms with E-state index in [1.165, 1.54) is 13.8 Å². The number of rotatable bonds is 13. The minimum atomic E-state index is -0.151. The Hall–Kier alpha value is -2.50. The summed E-state index contributed by atoms with van der Waals surface area (Å²) in [5.41, 5.74) is 1.29. The van der Waals surface area contributed by atoms with Crippen molar-refractivity contribution in [2.45, 2.75) is 72.1 Å². The van der Waals surface area contributed by atoms with Gasteiger partial charge in [0.05, 0.1) is 6.61 Å². The van der Waals surface area contributed by atoms with Gasteiger partial charge >= 0.3 is 5.97 Å². The van der Waals surface area contributed by atoms with Crippen LogP contribution in [0.3, 0.4) is 0 Å². The van der Waals surface area contributed by atoms with Crippen LogP contribution in [0.2, 0.25) is 0 Å². The fraction of sp³-hybridized carbons (Fsp3) is 0.545. The summed E-state index contributed by atoms with van der Waals surface area (Å²) < 4.78 is 4.88. The van der Waals surface area contributed by atoms with Gasteiger partial charge in [-0.2, -0.15) is 0 Å². The molecule has 0 bridgehead atoms. The topological polar surface area (TPSA) is 89.5 Å². The highest BCUT2D eigenvalue weighted by atomic mass is 16.5. The van der Waals surface area contributed by atoms with Gasteiger partial charge in [0.15, 0.2) is 11.6 Å². The first-order valence-electron chi connectivity index (χ1n) is 9.96. The molecule has 1 N–H and O–H groups in total. The van der Waals surface area contributed by atoms with Crippen LogP contribution in [0.25, 0.3) is 0 Å². The van der Waals surface area contributed by atoms with Crippen molar-refractivity contribution in [1.82, 2.24) is 0 Å². The van der Waals surface area contributed by atoms with E-state index < -0.39 is 0 Å². The van der Waals surface area contributed by atoms with Crippen LogP contribution in [0, 0.1) is 0 Å². The minimum Gasteiger partial charge on any atom is -0.466 e. The Morgan fingerprint density at radius 3 is 1.79 bits per heavy atom. The van der Waals surface area contributed by atoms with Crippen LogP contribution in [0.1, 0.15) is 92.9 Å². The van der Waals surface area contributed by atoms with Gasteiger partial charge in [0, 0.05) is 29.7 Å². The van der Waals surface area contributed by atoms with Crippen molar-refractivity contribution >= 4 is 29.1 Å². The number of unbranched alkanes of at least 4 members (excludes halogenated alkanes) is 5. The third-order valence-electron chi connectivity index (χ3n) is 4.37. The molecule has 1 aromatic rings. The Bertz CT molecular complexity index is 664. The number of esters is 1. The number of ketones is 2. The Balaban J connectivity index is 2.29. The molecule has 0 aromatic heterocycles. The fourth-order valence-electron chi connectivity index (χ4n) is 2.82. The molecular weight excluding hydrogens is 358 g/mol. The zero-order valence-electron chi connectivity index (χ0n) is 17.1. The summed E-state index contributed by atoms with van der Waals surface area (Å²) in [7, 11) is 0. The maximum Gasteiger partial charge on any atom is 0.305 e. The Kier molecular flexibility index (Phi) is 10.8. The third kappa shape index (κ3) is 9.44. The first-order chi connectivity index (χ1) is 13.3. The first-order valence-corrected chi connectivity index (χ1v) is 9.96. The fourth-order valence-corrected chi connectivity index (χ4v) is 2.82. The number of nitrogens with one attached hydrogen (secondary N) is 1. The average molecular weight is 389 g/mol. The molecule has 0 saturated carbocycles. The second kappa shape index (κ2) is 12.8. The summed E-state index contributed by atoms with van der Waals surface area (Å²) in [5.74, 6) is -0.568. The highest BCUT2D eigenvalue weighted by Gasteiger charge is 2.10. The molecule has 6 heteroatoms. The van der Waals surface area contributed by atoms with Crippen molar-refractivity contribution in [3.8, 4) is 0 Å². The van der Waals surface area contributed by atoms with E-state index in [1.54, 1.807) is 25.1 Å². The lowest BCUT2D eigenvalue weighted by Gasteiger charge is -2.09. The van der Waals surface area contributed by atoms with Gasteiger partial charge in [0.1, 0.15) is 0 Å². The van der Waals surface area contributed by atoms with Gasteiger partial charge in [0.25, 0.3) is 0 Å². The van der Waals surface area contributed by atoms with Gasteiger partial charge in [-0.15, -0.1) is 0 Å². The summed E-state index contributed by atoms with van der Waals surface area (Å²) in [6, 6.07) is 4.73. The number of amides is 1. The first kappa shape index (κ1) is 23.5. The molecule has 0 saturated heterocycles. The molecule has 28 heavy (non-hydrogen) atoms. The molecular formula is C22H31NO5. The molecule has 0 unspecified atom stereocenters. The predicted molar refractivity (Wildman–Crippen MR) is 109 cm³/mol. The Morgan fingerprint density at radius 2 is 1.29 bits per heavy atom. The van der Waals surface area contributed by atoms with Gasteiger partial charge in [-0.1, -0.05) is 25.7 Å². The Labute approximate surface area is 167 Å². The zero-order chi connectivity index (χ0) is 20.9. The van der Waals surface area contributed by atoms with Crippen LogP contribution in [0.15, 0.2) is 18.2 Å². The lowest BCUT2D eigenvalue weighted by Crippen LogP contribution is -2.12. The van der Waals surface area contributed by atoms with Crippen molar-refractivity contribution in [3.05, 3.63) is 29.3 Å². The van der Waals surface area contributed by atoms with Crippen LogP contribution < -0.4 is 5.32 Å². The molecule has 154 valence electrons. The number of hydrogen-bond donors (Lipinski definition) is 1. The van der Waals surface area contributed by atoms with E-state index in [2.05, 4.69) is 5.32 Å². The molecule has 0 heterocycles. The molecule has 1 amide bonds. The van der Waals surface area contributed by atoms with Crippen molar-refractivity contribution in [2.24, 2.45) is 0 Å². The van der Waals surface area contributed by atoms with Crippen LogP contribution in [-0.2, 0) is 14.3 Å². The molecule has 1 aromatic carbocycles. The van der Waals surface area contributed by atoms with Crippen LogP contribution in [0.4, 0.5) is 5.69 Å². The van der Waals surface area contributed by atoms with Crippen LogP contribution >= 0.6 is 0 Å².